The molecule has 2 aromatic carbocycles. The summed E-state index contributed by atoms with van der Waals surface area (Å²) in [5, 5.41) is 7.12. The smallest absolute Gasteiger partial charge is 0.487 e. The Morgan fingerprint density at radius 2 is 1.58 bits per heavy atom. The Morgan fingerprint density at radius 3 is 2.22 bits per heavy atom. The summed E-state index contributed by atoms with van der Waals surface area (Å²) < 4.78 is 67.2. The van der Waals surface area contributed by atoms with E-state index in [-0.39, 0.29) is 12.1 Å². The fourth-order valence-electron chi connectivity index (χ4n) is 4.62. The molecule has 0 amide bonds. The van der Waals surface area contributed by atoms with Crippen LogP contribution in [0.15, 0.2) is 59.5 Å². The average molecular weight is 527 g/mol. The van der Waals surface area contributed by atoms with E-state index in [1.54, 1.807) is 22.5 Å². The summed E-state index contributed by atoms with van der Waals surface area (Å²) in [4.78, 5) is 11.7. The number of para-hydroxylation sites is 1. The summed E-state index contributed by atoms with van der Waals surface area (Å²) in [6.07, 6.45) is -0.880. The first-order chi connectivity index (χ1) is 17.1. The molecule has 2 fully saturated rings. The molecular formula is C25H29F3N2O5S. The number of benzene rings is 2. The Morgan fingerprint density at radius 1 is 0.972 bits per heavy atom. The number of aliphatic carboxylic acids is 1. The lowest BCUT2D eigenvalue weighted by molar-refractivity contribution is -0.192. The number of rotatable bonds is 4. The van der Waals surface area contributed by atoms with Gasteiger partial charge in [0.1, 0.15) is 16.7 Å². The van der Waals surface area contributed by atoms with Gasteiger partial charge in [0.05, 0.1) is 6.04 Å². The molecule has 2 aromatic rings. The topological polar surface area (TPSA) is 87.1 Å². The first kappa shape index (κ1) is 26.4. The number of ether oxygens (including phenoxy) is 1. The van der Waals surface area contributed by atoms with Crippen LogP contribution in [0.3, 0.4) is 0 Å². The van der Waals surface area contributed by atoms with Gasteiger partial charge in [0, 0.05) is 19.6 Å². The van der Waals surface area contributed by atoms with Gasteiger partial charge in [-0.3, -0.25) is 0 Å². The lowest BCUT2D eigenvalue weighted by Gasteiger charge is -2.32. The number of sulfonamides is 1. The molecule has 2 aliphatic heterocycles. The second-order valence-corrected chi connectivity index (χ2v) is 11.2. The molecule has 0 bridgehead atoms. The van der Waals surface area contributed by atoms with Crippen molar-refractivity contribution in [3.8, 4) is 5.75 Å². The maximum absolute atomic E-state index is 13.7. The highest BCUT2D eigenvalue weighted by Gasteiger charge is 2.43. The third-order valence-electron chi connectivity index (χ3n) is 6.62. The predicted octanol–water partition coefficient (Wildman–Crippen LogP) is 4.15. The maximum atomic E-state index is 13.7. The number of carboxylic acids is 1. The van der Waals surface area contributed by atoms with E-state index in [0.717, 1.165) is 44.0 Å². The molecule has 0 aromatic heterocycles. The molecule has 3 aliphatic rings. The first-order valence-corrected chi connectivity index (χ1v) is 13.3. The number of likely N-dealkylation sites (tertiary alicyclic amines) is 1. The molecule has 2 atom stereocenters. The molecule has 0 unspecified atom stereocenters. The van der Waals surface area contributed by atoms with Crippen LogP contribution in [0.5, 0.6) is 5.75 Å². The van der Waals surface area contributed by atoms with Crippen LogP contribution in [0.1, 0.15) is 31.2 Å². The van der Waals surface area contributed by atoms with E-state index >= 15 is 0 Å². The van der Waals surface area contributed by atoms with E-state index in [4.69, 9.17) is 14.6 Å². The summed E-state index contributed by atoms with van der Waals surface area (Å²) in [6, 6.07) is 16.8. The van der Waals surface area contributed by atoms with Crippen LogP contribution in [0.25, 0.3) is 0 Å². The van der Waals surface area contributed by atoms with Crippen molar-refractivity contribution in [3.05, 3.63) is 60.2 Å². The Balaban J connectivity index is 0.000000384. The van der Waals surface area contributed by atoms with E-state index in [1.807, 2.05) is 36.4 Å². The van der Waals surface area contributed by atoms with E-state index in [0.29, 0.717) is 17.2 Å². The van der Waals surface area contributed by atoms with E-state index in [2.05, 4.69) is 4.90 Å². The summed E-state index contributed by atoms with van der Waals surface area (Å²) >= 11 is 0. The van der Waals surface area contributed by atoms with Crippen molar-refractivity contribution in [1.82, 2.24) is 9.21 Å². The number of alkyl halides is 3. The van der Waals surface area contributed by atoms with Gasteiger partial charge >= 0.3 is 12.1 Å². The van der Waals surface area contributed by atoms with Gasteiger partial charge in [0.25, 0.3) is 0 Å². The van der Waals surface area contributed by atoms with E-state index < -0.39 is 22.2 Å². The lowest BCUT2D eigenvalue weighted by atomic mass is 10.1. The van der Waals surface area contributed by atoms with Crippen LogP contribution in [0.4, 0.5) is 13.2 Å². The normalized spacial score (nSPS) is 24.1. The third-order valence-corrected chi connectivity index (χ3v) is 8.53. The number of hydrogen-bond donors (Lipinski definition) is 1. The minimum Gasteiger partial charge on any atom is -0.487 e. The molecule has 0 spiro atoms. The molecule has 5 rings (SSSR count). The molecule has 1 saturated heterocycles. The van der Waals surface area contributed by atoms with Gasteiger partial charge in [-0.2, -0.15) is 17.5 Å². The Kier molecular flexibility index (Phi) is 7.91. The first-order valence-electron chi connectivity index (χ1n) is 11.9. The average Bonchev–Trinajstić information content (AvgIpc) is 3.67. The number of halogens is 3. The van der Waals surface area contributed by atoms with Crippen molar-refractivity contribution >= 4 is 16.0 Å². The number of carboxylic acid groups (broad SMARTS) is 1. The van der Waals surface area contributed by atoms with Crippen molar-refractivity contribution in [2.24, 2.45) is 5.92 Å². The third kappa shape index (κ3) is 6.37. The fourth-order valence-corrected chi connectivity index (χ4v) is 6.41. The Hall–Kier alpha value is -2.63. The van der Waals surface area contributed by atoms with Crippen molar-refractivity contribution in [2.75, 3.05) is 19.6 Å². The maximum Gasteiger partial charge on any atom is 0.490 e. The number of nitrogens with zero attached hydrogens (tertiary/aromatic N) is 2. The molecule has 0 radical (unpaired) electrons. The minimum absolute atomic E-state index is 0.124. The highest BCUT2D eigenvalue weighted by atomic mass is 32.2. The van der Waals surface area contributed by atoms with E-state index in [1.165, 1.54) is 12.8 Å². The van der Waals surface area contributed by atoms with Crippen molar-refractivity contribution in [3.63, 3.8) is 0 Å². The standard InChI is InChI=1S/C23H28N2O3S.C2HF3O2/c26-29(27)23-9-5-4-8-22(23)28-21-13-15-24(16-19-10-11-19)14-12-20(21)25(29)17-18-6-2-1-3-7-18;3-2(4,5)1(6)7/h1-9,19-21H,10-17H2;(H,6,7)/t20-,21-;/m0./s1. The highest BCUT2D eigenvalue weighted by Crippen LogP contribution is 2.38. The molecule has 1 N–H and O–H groups in total. The monoisotopic (exact) mass is 526 g/mol. The van der Waals surface area contributed by atoms with Gasteiger partial charge in [0.15, 0.2) is 0 Å². The summed E-state index contributed by atoms with van der Waals surface area (Å²) in [5.41, 5.74) is 1.01. The van der Waals surface area contributed by atoms with Crippen LogP contribution in [-0.2, 0) is 21.4 Å². The summed E-state index contributed by atoms with van der Waals surface area (Å²) in [5.74, 6) is -1.43. The van der Waals surface area contributed by atoms with Crippen molar-refractivity contribution < 1.29 is 36.2 Å². The fraction of sp³-hybridized carbons (Fsp3) is 0.480. The van der Waals surface area contributed by atoms with Gasteiger partial charge in [-0.05, 0) is 55.8 Å². The zero-order chi connectivity index (χ0) is 25.9. The predicted molar refractivity (Wildman–Crippen MR) is 126 cm³/mol. The molecule has 7 nitrogen and oxygen atoms in total. The van der Waals surface area contributed by atoms with Crippen LogP contribution >= 0.6 is 0 Å². The lowest BCUT2D eigenvalue weighted by Crippen LogP contribution is -2.46. The SMILES string of the molecule is O=C(O)C(F)(F)F.O=S1(=O)c2ccccc2O[C@H]2CCN(CC3CC3)CC[C@@H]2N1Cc1ccccc1. The quantitative estimate of drug-likeness (QED) is 0.644. The zero-order valence-corrected chi connectivity index (χ0v) is 20.4. The highest BCUT2D eigenvalue weighted by molar-refractivity contribution is 7.89. The molecule has 196 valence electrons. The Labute approximate surface area is 208 Å². The second kappa shape index (κ2) is 10.8. The second-order valence-electron chi connectivity index (χ2n) is 9.33. The van der Waals surface area contributed by atoms with Gasteiger partial charge in [-0.1, -0.05) is 42.5 Å². The molecule has 1 saturated carbocycles. The summed E-state index contributed by atoms with van der Waals surface area (Å²) in [7, 11) is -3.64. The molecule has 11 heteroatoms. The number of hydrogen-bond acceptors (Lipinski definition) is 5. The summed E-state index contributed by atoms with van der Waals surface area (Å²) in [6.45, 7) is 3.42. The van der Waals surface area contributed by atoms with Crippen LogP contribution in [0.2, 0.25) is 0 Å². The van der Waals surface area contributed by atoms with Gasteiger partial charge in [-0.25, -0.2) is 13.2 Å². The van der Waals surface area contributed by atoms with Crippen LogP contribution < -0.4 is 4.74 Å². The van der Waals surface area contributed by atoms with Crippen LogP contribution in [-0.4, -0.2) is 66.7 Å². The molecular weight excluding hydrogens is 497 g/mol. The number of carbonyl (C=O) groups is 1. The number of fused-ring (bicyclic) bond motifs is 2. The van der Waals surface area contributed by atoms with Crippen molar-refractivity contribution in [2.45, 2.75) is 55.4 Å². The molecule has 36 heavy (non-hydrogen) atoms. The van der Waals surface area contributed by atoms with Gasteiger partial charge in [-0.15, -0.1) is 0 Å². The largest absolute Gasteiger partial charge is 0.490 e. The van der Waals surface area contributed by atoms with Gasteiger partial charge in [0.2, 0.25) is 10.0 Å². The Bertz CT molecular complexity index is 1160. The van der Waals surface area contributed by atoms with Gasteiger partial charge < -0.3 is 14.7 Å². The van der Waals surface area contributed by atoms with E-state index in [9.17, 15) is 21.6 Å². The minimum atomic E-state index is -5.08. The zero-order valence-electron chi connectivity index (χ0n) is 19.6. The molecule has 1 aliphatic carbocycles. The van der Waals surface area contributed by atoms with Crippen LogP contribution in [0, 0.1) is 5.92 Å². The molecule has 2 heterocycles. The van der Waals surface area contributed by atoms with Crippen molar-refractivity contribution in [1.29, 1.82) is 0 Å².